The molecule has 2 aromatic rings. The van der Waals surface area contributed by atoms with E-state index in [9.17, 15) is 9.50 Å². The van der Waals surface area contributed by atoms with Crippen molar-refractivity contribution in [1.82, 2.24) is 0 Å². The molecule has 0 amide bonds. The third-order valence-electron chi connectivity index (χ3n) is 2.97. The van der Waals surface area contributed by atoms with Crippen LogP contribution in [0.4, 0.5) is 4.39 Å². The molecule has 20 heavy (non-hydrogen) atoms. The van der Waals surface area contributed by atoms with Crippen LogP contribution in [0.3, 0.4) is 0 Å². The van der Waals surface area contributed by atoms with Gasteiger partial charge in [-0.15, -0.1) is 0 Å². The van der Waals surface area contributed by atoms with Crippen LogP contribution in [0.1, 0.15) is 22.8 Å². The van der Waals surface area contributed by atoms with Crippen LogP contribution in [0.25, 0.3) is 0 Å². The summed E-state index contributed by atoms with van der Waals surface area (Å²) in [5.74, 6) is -0.616. The average Bonchev–Trinajstić information content (AvgIpc) is 2.45. The summed E-state index contributed by atoms with van der Waals surface area (Å²) in [4.78, 5) is 0. The van der Waals surface area contributed by atoms with E-state index >= 15 is 0 Å². The topological polar surface area (TPSA) is 29.5 Å². The summed E-state index contributed by atoms with van der Waals surface area (Å²) in [7, 11) is 1.61. The van der Waals surface area contributed by atoms with Gasteiger partial charge in [-0.05, 0) is 33.1 Å². The minimum Gasteiger partial charge on any atom is -0.384 e. The number of hydrogen-bond donors (Lipinski definition) is 1. The molecule has 0 fully saturated rings. The Hall–Kier alpha value is -0.940. The highest BCUT2D eigenvalue weighted by molar-refractivity contribution is 9.10. The van der Waals surface area contributed by atoms with E-state index in [2.05, 4.69) is 15.9 Å². The van der Waals surface area contributed by atoms with E-state index in [4.69, 9.17) is 16.3 Å². The summed E-state index contributed by atoms with van der Waals surface area (Å²) in [6.45, 7) is 0.495. The minimum atomic E-state index is -1.06. The van der Waals surface area contributed by atoms with E-state index in [1.165, 1.54) is 6.07 Å². The van der Waals surface area contributed by atoms with Gasteiger partial charge in [0.2, 0.25) is 0 Å². The molecule has 0 aliphatic carbocycles. The Morgan fingerprint density at radius 1 is 1.25 bits per heavy atom. The van der Waals surface area contributed by atoms with Gasteiger partial charge in [0.15, 0.2) is 0 Å². The molecule has 0 bridgehead atoms. The first-order valence-electron chi connectivity index (χ1n) is 5.94. The lowest BCUT2D eigenvalue weighted by Gasteiger charge is -2.14. The lowest BCUT2D eigenvalue weighted by molar-refractivity contribution is 0.184. The average molecular weight is 360 g/mol. The molecule has 2 aromatic carbocycles. The highest BCUT2D eigenvalue weighted by Crippen LogP contribution is 2.32. The SMILES string of the molecule is COCc1ccc(C(O)c2ccc(Br)c(Cl)c2F)cc1. The summed E-state index contributed by atoms with van der Waals surface area (Å²) in [5.41, 5.74) is 1.73. The number of hydrogen-bond acceptors (Lipinski definition) is 2. The van der Waals surface area contributed by atoms with Crippen LogP contribution in [0.15, 0.2) is 40.9 Å². The van der Waals surface area contributed by atoms with Crippen molar-refractivity contribution in [2.24, 2.45) is 0 Å². The van der Waals surface area contributed by atoms with Gasteiger partial charge >= 0.3 is 0 Å². The van der Waals surface area contributed by atoms with Crippen LogP contribution < -0.4 is 0 Å². The highest BCUT2D eigenvalue weighted by atomic mass is 79.9. The molecule has 2 nitrogen and oxygen atoms in total. The molecule has 0 aromatic heterocycles. The molecule has 5 heteroatoms. The van der Waals surface area contributed by atoms with Crippen LogP contribution in [0, 0.1) is 5.82 Å². The lowest BCUT2D eigenvalue weighted by Crippen LogP contribution is -2.03. The number of halogens is 3. The zero-order valence-corrected chi connectivity index (χ0v) is 13.1. The van der Waals surface area contributed by atoms with Crippen LogP contribution in [-0.2, 0) is 11.3 Å². The smallest absolute Gasteiger partial charge is 0.149 e. The van der Waals surface area contributed by atoms with Gasteiger partial charge < -0.3 is 9.84 Å². The van der Waals surface area contributed by atoms with Crippen molar-refractivity contribution >= 4 is 27.5 Å². The summed E-state index contributed by atoms with van der Waals surface area (Å²) in [6.07, 6.45) is -1.06. The van der Waals surface area contributed by atoms with Crippen molar-refractivity contribution in [3.63, 3.8) is 0 Å². The fourth-order valence-electron chi connectivity index (χ4n) is 1.89. The molecule has 1 unspecified atom stereocenters. The Morgan fingerprint density at radius 2 is 1.90 bits per heavy atom. The molecule has 0 saturated heterocycles. The van der Waals surface area contributed by atoms with Gasteiger partial charge in [0.05, 0.1) is 11.6 Å². The van der Waals surface area contributed by atoms with Gasteiger partial charge in [-0.2, -0.15) is 0 Å². The van der Waals surface area contributed by atoms with Gasteiger partial charge in [-0.3, -0.25) is 0 Å². The fraction of sp³-hybridized carbons (Fsp3) is 0.200. The van der Waals surface area contributed by atoms with E-state index in [0.29, 0.717) is 16.6 Å². The summed E-state index contributed by atoms with van der Waals surface area (Å²) < 4.78 is 19.5. The molecule has 0 aliphatic heterocycles. The third kappa shape index (κ3) is 3.20. The molecule has 0 aliphatic rings. The molecule has 106 valence electrons. The van der Waals surface area contributed by atoms with Crippen molar-refractivity contribution < 1.29 is 14.2 Å². The van der Waals surface area contributed by atoms with E-state index < -0.39 is 11.9 Å². The van der Waals surface area contributed by atoms with Gasteiger partial charge in [-0.25, -0.2) is 4.39 Å². The molecule has 0 spiro atoms. The molecule has 0 heterocycles. The van der Waals surface area contributed by atoms with Crippen molar-refractivity contribution in [2.45, 2.75) is 12.7 Å². The first-order chi connectivity index (χ1) is 9.54. The second kappa shape index (κ2) is 6.68. The predicted molar refractivity (Wildman–Crippen MR) is 80.3 cm³/mol. The second-order valence-corrected chi connectivity index (χ2v) is 5.57. The molecule has 1 atom stereocenters. The summed E-state index contributed by atoms with van der Waals surface area (Å²) >= 11 is 8.98. The summed E-state index contributed by atoms with van der Waals surface area (Å²) in [5, 5.41) is 10.2. The molecule has 0 radical (unpaired) electrons. The van der Waals surface area contributed by atoms with E-state index in [-0.39, 0.29) is 10.6 Å². The van der Waals surface area contributed by atoms with E-state index in [0.717, 1.165) is 5.56 Å². The number of ether oxygens (including phenoxy) is 1. The Kier molecular flexibility index (Phi) is 5.16. The van der Waals surface area contributed by atoms with Crippen LogP contribution in [0.5, 0.6) is 0 Å². The number of methoxy groups -OCH3 is 1. The fourth-order valence-corrected chi connectivity index (χ4v) is 2.37. The lowest BCUT2D eigenvalue weighted by atomic mass is 10.00. The number of benzene rings is 2. The Morgan fingerprint density at radius 3 is 2.50 bits per heavy atom. The first-order valence-corrected chi connectivity index (χ1v) is 7.11. The molecule has 0 saturated carbocycles. The number of rotatable bonds is 4. The third-order valence-corrected chi connectivity index (χ3v) is 4.22. The Bertz CT molecular complexity index is 602. The van der Waals surface area contributed by atoms with Gasteiger partial charge in [-0.1, -0.05) is 41.9 Å². The zero-order chi connectivity index (χ0) is 14.7. The van der Waals surface area contributed by atoms with Crippen molar-refractivity contribution in [3.05, 3.63) is 68.4 Å². The maximum Gasteiger partial charge on any atom is 0.149 e. The molecule has 1 N–H and O–H groups in total. The number of aliphatic hydroxyl groups is 1. The van der Waals surface area contributed by atoms with Crippen molar-refractivity contribution in [2.75, 3.05) is 7.11 Å². The quantitative estimate of drug-likeness (QED) is 0.816. The maximum absolute atomic E-state index is 14.1. The van der Waals surface area contributed by atoms with Crippen LogP contribution in [0.2, 0.25) is 5.02 Å². The van der Waals surface area contributed by atoms with Crippen molar-refractivity contribution in [3.8, 4) is 0 Å². The maximum atomic E-state index is 14.1. The monoisotopic (exact) mass is 358 g/mol. The molecule has 2 rings (SSSR count). The van der Waals surface area contributed by atoms with Crippen LogP contribution in [-0.4, -0.2) is 12.2 Å². The van der Waals surface area contributed by atoms with Gasteiger partial charge in [0.25, 0.3) is 0 Å². The number of aliphatic hydroxyl groups excluding tert-OH is 1. The van der Waals surface area contributed by atoms with E-state index in [1.807, 2.05) is 12.1 Å². The predicted octanol–water partition coefficient (Wildman–Crippen LogP) is 4.47. The largest absolute Gasteiger partial charge is 0.384 e. The normalized spacial score (nSPS) is 12.4. The van der Waals surface area contributed by atoms with Gasteiger partial charge in [0.1, 0.15) is 11.9 Å². The Balaban J connectivity index is 2.31. The van der Waals surface area contributed by atoms with E-state index in [1.54, 1.807) is 25.3 Å². The highest BCUT2D eigenvalue weighted by Gasteiger charge is 2.18. The van der Waals surface area contributed by atoms with Gasteiger partial charge in [0, 0.05) is 17.1 Å². The second-order valence-electron chi connectivity index (χ2n) is 4.34. The zero-order valence-electron chi connectivity index (χ0n) is 10.7. The van der Waals surface area contributed by atoms with Crippen molar-refractivity contribution in [1.29, 1.82) is 0 Å². The molecular weight excluding hydrogens is 347 g/mol. The minimum absolute atomic E-state index is 0.0300. The first kappa shape index (κ1) is 15.4. The standard InChI is InChI=1S/C15H13BrClFO2/c1-20-8-9-2-4-10(5-3-9)15(19)11-6-7-12(16)13(17)14(11)18/h2-7,15,19H,8H2,1H3. The van der Waals surface area contributed by atoms with Crippen LogP contribution >= 0.6 is 27.5 Å². The Labute approximate surface area is 130 Å². The summed E-state index contributed by atoms with van der Waals surface area (Å²) in [6, 6.07) is 10.3. The molecular formula is C15H13BrClFO2.